The van der Waals surface area contributed by atoms with E-state index in [1.54, 1.807) is 29.5 Å². The largest absolute Gasteiger partial charge is 0.481 e. The van der Waals surface area contributed by atoms with Crippen LogP contribution < -0.4 is 0 Å². The third-order valence-corrected chi connectivity index (χ3v) is 11.4. The van der Waals surface area contributed by atoms with Crippen molar-refractivity contribution in [2.24, 2.45) is 11.3 Å². The van der Waals surface area contributed by atoms with Gasteiger partial charge in [0.05, 0.1) is 15.8 Å². The number of hydrogen-bond acceptors (Lipinski definition) is 7. The van der Waals surface area contributed by atoms with Gasteiger partial charge in [0, 0.05) is 35.3 Å². The predicted molar refractivity (Wildman–Crippen MR) is 161 cm³/mol. The van der Waals surface area contributed by atoms with Crippen LogP contribution in [-0.4, -0.2) is 46.0 Å². The molecule has 2 aromatic carbocycles. The second-order valence-corrected chi connectivity index (χ2v) is 14.8. The number of carbonyl (C=O) groups is 1. The fourth-order valence-corrected chi connectivity index (χ4v) is 9.08. The number of aliphatic carboxylic acids is 1. The van der Waals surface area contributed by atoms with E-state index in [2.05, 4.69) is 23.3 Å². The molecule has 8 nitrogen and oxygen atoms in total. The lowest BCUT2D eigenvalue weighted by atomic mass is 9.72. The Kier molecular flexibility index (Phi) is 7.60. The van der Waals surface area contributed by atoms with Crippen molar-refractivity contribution >= 4 is 39.1 Å². The summed E-state index contributed by atoms with van der Waals surface area (Å²) in [5.74, 6) is -1.06. The number of benzene rings is 2. The van der Waals surface area contributed by atoms with E-state index >= 15 is 0 Å². The summed E-state index contributed by atoms with van der Waals surface area (Å²) in [6, 6.07) is 13.7. The summed E-state index contributed by atoms with van der Waals surface area (Å²) in [4.78, 5) is 15.2. The summed E-state index contributed by atoms with van der Waals surface area (Å²) >= 11 is 1.58. The molecule has 0 spiro atoms. The zero-order chi connectivity index (χ0) is 29.0. The molecule has 5 rings (SSSR count). The maximum atomic E-state index is 12.6. The molecule has 2 aromatic heterocycles. The van der Waals surface area contributed by atoms with E-state index in [0.29, 0.717) is 24.5 Å². The zero-order valence-electron chi connectivity index (χ0n) is 23.9. The zero-order valence-corrected chi connectivity index (χ0v) is 25.5. The average molecular weight is 583 g/mol. The summed E-state index contributed by atoms with van der Waals surface area (Å²) < 4.78 is 26.6. The van der Waals surface area contributed by atoms with E-state index < -0.39 is 28.1 Å². The first-order chi connectivity index (χ1) is 18.9. The second kappa shape index (κ2) is 10.6. The number of carboxylic acids is 1. The van der Waals surface area contributed by atoms with Gasteiger partial charge in [-0.2, -0.15) is 4.31 Å². The quantitative estimate of drug-likeness (QED) is 0.213. The first-order valence-electron chi connectivity index (χ1n) is 13.6. The predicted octanol–water partition coefficient (Wildman–Crippen LogP) is 7.09. The maximum Gasteiger partial charge on any atom is 0.310 e. The smallest absolute Gasteiger partial charge is 0.310 e. The number of carboxylic acid groups (broad SMARTS) is 1. The monoisotopic (exact) mass is 582 g/mol. The molecule has 0 saturated carbocycles. The van der Waals surface area contributed by atoms with Crippen LogP contribution in [-0.2, 0) is 24.3 Å². The molecule has 1 aliphatic rings. The highest BCUT2D eigenvalue weighted by Gasteiger charge is 2.41. The lowest BCUT2D eigenvalue weighted by Gasteiger charge is -2.42. The van der Waals surface area contributed by atoms with Crippen LogP contribution in [0.4, 0.5) is 0 Å². The Balaban J connectivity index is 1.57. The topological polar surface area (TPSA) is 112 Å². The summed E-state index contributed by atoms with van der Waals surface area (Å²) in [5, 5.41) is 19.0. The molecule has 0 saturated heterocycles. The van der Waals surface area contributed by atoms with Crippen LogP contribution in [0.15, 0.2) is 47.4 Å². The minimum absolute atomic E-state index is 0.248. The molecule has 0 aliphatic carbocycles. The SMILES string of the molecule is CCn1nnc2c(C)c(C(c3cc(CN4C[C@@H](C)Cc5ccccc5S4(O)O)c(C)s3)C(C)(C)C(=O)O)ccc21. The van der Waals surface area contributed by atoms with E-state index in [4.69, 9.17) is 0 Å². The van der Waals surface area contributed by atoms with Gasteiger partial charge in [-0.3, -0.25) is 13.9 Å². The van der Waals surface area contributed by atoms with Crippen molar-refractivity contribution in [1.82, 2.24) is 19.3 Å². The van der Waals surface area contributed by atoms with Gasteiger partial charge < -0.3 is 5.11 Å². The van der Waals surface area contributed by atoms with Gasteiger partial charge in [-0.05, 0) is 87.4 Å². The van der Waals surface area contributed by atoms with Crippen molar-refractivity contribution in [2.75, 3.05) is 6.54 Å². The van der Waals surface area contributed by atoms with Gasteiger partial charge in [-0.1, -0.05) is 36.4 Å². The Bertz CT molecular complexity index is 1580. The molecule has 2 atom stereocenters. The molecule has 0 fully saturated rings. The maximum absolute atomic E-state index is 12.6. The highest BCUT2D eigenvalue weighted by Crippen LogP contribution is 2.56. The third kappa shape index (κ3) is 4.86. The van der Waals surface area contributed by atoms with Crippen molar-refractivity contribution in [3.63, 3.8) is 0 Å². The number of nitrogens with zero attached hydrogens (tertiary/aromatic N) is 4. The number of hydrogen-bond donors (Lipinski definition) is 3. The van der Waals surface area contributed by atoms with Gasteiger partial charge >= 0.3 is 5.97 Å². The Morgan fingerprint density at radius 1 is 1.20 bits per heavy atom. The van der Waals surface area contributed by atoms with Gasteiger partial charge in [0.15, 0.2) is 0 Å². The van der Waals surface area contributed by atoms with Crippen molar-refractivity contribution in [2.45, 2.75) is 71.9 Å². The average Bonchev–Trinajstić information content (AvgIpc) is 3.46. The molecule has 3 heterocycles. The Morgan fingerprint density at radius 3 is 2.62 bits per heavy atom. The van der Waals surface area contributed by atoms with Crippen LogP contribution in [0, 0.1) is 25.2 Å². The Labute approximate surface area is 241 Å². The van der Waals surface area contributed by atoms with E-state index in [-0.39, 0.29) is 5.92 Å². The lowest BCUT2D eigenvalue weighted by Crippen LogP contribution is -2.32. The van der Waals surface area contributed by atoms with Crippen molar-refractivity contribution in [3.05, 3.63) is 74.5 Å². The fraction of sp³-hybridized carbons (Fsp3) is 0.433. The molecule has 214 valence electrons. The number of thiophene rings is 1. The molecule has 0 bridgehead atoms. The highest BCUT2D eigenvalue weighted by atomic mass is 32.3. The van der Waals surface area contributed by atoms with Crippen LogP contribution in [0.5, 0.6) is 0 Å². The van der Waals surface area contributed by atoms with Crippen molar-refractivity contribution in [3.8, 4) is 0 Å². The van der Waals surface area contributed by atoms with E-state index in [1.807, 2.05) is 61.9 Å². The number of aryl methyl sites for hydroxylation is 3. The highest BCUT2D eigenvalue weighted by molar-refractivity contribution is 8.22. The van der Waals surface area contributed by atoms with E-state index in [0.717, 1.165) is 49.5 Å². The van der Waals surface area contributed by atoms with Crippen molar-refractivity contribution < 1.29 is 19.0 Å². The normalized spacial score (nSPS) is 19.2. The Hall–Kier alpha value is -2.76. The van der Waals surface area contributed by atoms with Crippen LogP contribution in [0.3, 0.4) is 0 Å². The molecule has 0 amide bonds. The van der Waals surface area contributed by atoms with Crippen molar-refractivity contribution in [1.29, 1.82) is 0 Å². The Morgan fingerprint density at radius 2 is 1.93 bits per heavy atom. The summed E-state index contributed by atoms with van der Waals surface area (Å²) in [5.41, 5.74) is 4.41. The molecule has 1 aliphatic heterocycles. The molecule has 4 aromatic rings. The molecular formula is C30H38N4O4S2. The second-order valence-electron chi connectivity index (χ2n) is 11.5. The molecule has 1 unspecified atom stereocenters. The van der Waals surface area contributed by atoms with Crippen LogP contribution >= 0.6 is 22.1 Å². The number of rotatable bonds is 7. The standard InChI is InChI=1S/C30H38N4O4S2/c1-7-34-24-13-12-23(19(3)28(24)31-32-34)27(30(5,6)29(35)36)25-15-22(20(4)39-25)17-33-16-18(2)14-21-10-8-9-11-26(21)40(33,37)38/h8-13,15,18,27,37-38H,7,14,16-17H2,1-6H3,(H,35,36)/t18-,27?/m0/s1. The summed E-state index contributed by atoms with van der Waals surface area (Å²) in [7, 11) is -3.18. The third-order valence-electron chi connectivity index (χ3n) is 8.25. The van der Waals surface area contributed by atoms with Gasteiger partial charge in [0.25, 0.3) is 0 Å². The number of aromatic nitrogens is 3. The van der Waals surface area contributed by atoms with Crippen LogP contribution in [0.1, 0.15) is 65.6 Å². The van der Waals surface area contributed by atoms with Gasteiger partial charge in [-0.25, -0.2) is 4.68 Å². The minimum atomic E-state index is -3.18. The summed E-state index contributed by atoms with van der Waals surface area (Å²) in [6.45, 7) is 13.3. The molecule has 3 N–H and O–H groups in total. The molecule has 10 heteroatoms. The van der Waals surface area contributed by atoms with Crippen LogP contribution in [0.2, 0.25) is 0 Å². The molecule has 0 radical (unpaired) electrons. The summed E-state index contributed by atoms with van der Waals surface area (Å²) in [6.07, 6.45) is 0.787. The fourth-order valence-electron chi connectivity index (χ4n) is 5.91. The van der Waals surface area contributed by atoms with Crippen LogP contribution in [0.25, 0.3) is 11.0 Å². The first kappa shape index (κ1) is 28.8. The van der Waals surface area contributed by atoms with E-state index in [9.17, 15) is 19.0 Å². The van der Waals surface area contributed by atoms with Gasteiger partial charge in [0.1, 0.15) is 5.52 Å². The molecule has 40 heavy (non-hydrogen) atoms. The van der Waals surface area contributed by atoms with Gasteiger partial charge in [-0.15, -0.1) is 27.2 Å². The minimum Gasteiger partial charge on any atom is -0.481 e. The van der Waals surface area contributed by atoms with E-state index in [1.165, 1.54) is 0 Å². The number of fused-ring (bicyclic) bond motifs is 2. The first-order valence-corrected chi connectivity index (χ1v) is 15.9. The lowest BCUT2D eigenvalue weighted by molar-refractivity contribution is -0.147. The van der Waals surface area contributed by atoms with Gasteiger partial charge in [0.2, 0.25) is 0 Å². The molecular weight excluding hydrogens is 544 g/mol.